The number of alkyl halides is 1. The average Bonchev–Trinajstić information content (AvgIpc) is 3.67. The lowest BCUT2D eigenvalue weighted by Crippen LogP contribution is -2.51. The van der Waals surface area contributed by atoms with E-state index >= 15 is 8.78 Å². The van der Waals surface area contributed by atoms with Crippen LogP contribution in [-0.2, 0) is 6.42 Å². The molecule has 2 aliphatic heterocycles. The molecule has 2 aromatic carbocycles. The molecule has 7 nitrogen and oxygen atoms in total. The van der Waals surface area contributed by atoms with Gasteiger partial charge in [0.15, 0.2) is 5.82 Å². The molecule has 10 heteroatoms. The van der Waals surface area contributed by atoms with Gasteiger partial charge in [-0.3, -0.25) is 0 Å². The van der Waals surface area contributed by atoms with Crippen LogP contribution in [0.4, 0.5) is 19.0 Å². The summed E-state index contributed by atoms with van der Waals surface area (Å²) in [5.74, 6) is -0.280. The van der Waals surface area contributed by atoms with Crippen LogP contribution in [0.15, 0.2) is 24.3 Å². The highest BCUT2D eigenvalue weighted by atomic mass is 19.1. The van der Waals surface area contributed by atoms with E-state index in [4.69, 9.17) is 14.7 Å². The molecule has 0 amide bonds. The second-order valence-corrected chi connectivity index (χ2v) is 13.7. The number of phenols is 1. The van der Waals surface area contributed by atoms with Crippen LogP contribution in [0.3, 0.4) is 0 Å². The molecule has 0 spiro atoms. The second-order valence-electron chi connectivity index (χ2n) is 13.7. The third-order valence-electron chi connectivity index (χ3n) is 11.0. The Morgan fingerprint density at radius 2 is 1.87 bits per heavy atom. The maximum absolute atomic E-state index is 17.0. The summed E-state index contributed by atoms with van der Waals surface area (Å²) in [7, 11) is 0. The molecule has 2 N–H and O–H groups in total. The van der Waals surface area contributed by atoms with Gasteiger partial charge in [0.25, 0.3) is 0 Å². The molecule has 236 valence electrons. The number of aromatic hydroxyl groups is 1. The molecular weight excluding hydrogens is 579 g/mol. The van der Waals surface area contributed by atoms with Crippen molar-refractivity contribution in [2.45, 2.75) is 83.5 Å². The average molecular weight is 618 g/mol. The minimum absolute atomic E-state index is 0.0114. The third kappa shape index (κ3) is 4.70. The zero-order chi connectivity index (χ0) is 31.0. The lowest BCUT2D eigenvalue weighted by molar-refractivity contribution is 0.110. The molecule has 2 unspecified atom stereocenters. The molecule has 2 saturated carbocycles. The summed E-state index contributed by atoms with van der Waals surface area (Å²) in [5, 5.41) is 15.9. The number of hydrogen-bond acceptors (Lipinski definition) is 7. The summed E-state index contributed by atoms with van der Waals surface area (Å²) in [5.41, 5.74) is 1.08. The Labute approximate surface area is 260 Å². The van der Waals surface area contributed by atoms with Crippen molar-refractivity contribution < 1.29 is 23.0 Å². The largest absolute Gasteiger partial charge is 0.508 e. The summed E-state index contributed by atoms with van der Waals surface area (Å²) in [6.45, 7) is 5.39. The van der Waals surface area contributed by atoms with E-state index in [2.05, 4.69) is 15.2 Å². The molecule has 8 rings (SSSR count). The number of aryl methyl sites for hydroxylation is 2. The molecule has 4 heterocycles. The van der Waals surface area contributed by atoms with Crippen LogP contribution in [0.1, 0.15) is 63.1 Å². The quantitative estimate of drug-likeness (QED) is 0.243. The number of pyridine rings is 1. The van der Waals surface area contributed by atoms with Gasteiger partial charge < -0.3 is 20.1 Å². The first-order chi connectivity index (χ1) is 21.7. The second kappa shape index (κ2) is 10.7. The van der Waals surface area contributed by atoms with Crippen LogP contribution in [0.5, 0.6) is 11.8 Å². The molecule has 4 fully saturated rings. The van der Waals surface area contributed by atoms with Crippen LogP contribution >= 0.6 is 0 Å². The van der Waals surface area contributed by atoms with Gasteiger partial charge in [0.1, 0.15) is 34.8 Å². The summed E-state index contributed by atoms with van der Waals surface area (Å²) >= 11 is 0. The van der Waals surface area contributed by atoms with E-state index in [-0.39, 0.29) is 34.3 Å². The fraction of sp³-hybridized carbons (Fsp3) is 0.514. The van der Waals surface area contributed by atoms with Gasteiger partial charge in [-0.05, 0) is 92.3 Å². The number of fused-ring (bicyclic) bond motifs is 5. The Morgan fingerprint density at radius 1 is 1.07 bits per heavy atom. The third-order valence-corrected chi connectivity index (χ3v) is 11.0. The smallest absolute Gasteiger partial charge is 0.319 e. The van der Waals surface area contributed by atoms with Crippen molar-refractivity contribution in [2.75, 3.05) is 24.6 Å². The van der Waals surface area contributed by atoms with Crippen molar-refractivity contribution in [1.82, 2.24) is 20.3 Å². The molecule has 45 heavy (non-hydrogen) atoms. The van der Waals surface area contributed by atoms with Gasteiger partial charge in [0, 0.05) is 36.2 Å². The molecule has 2 aliphatic carbocycles. The Morgan fingerprint density at radius 3 is 2.64 bits per heavy atom. The molecule has 2 bridgehead atoms. The van der Waals surface area contributed by atoms with Gasteiger partial charge in [-0.1, -0.05) is 19.4 Å². The first-order valence-corrected chi connectivity index (χ1v) is 16.3. The molecule has 0 radical (unpaired) electrons. The number of piperazine rings is 1. The number of hydrogen-bond donors (Lipinski definition) is 2. The minimum Gasteiger partial charge on any atom is -0.508 e. The Kier molecular flexibility index (Phi) is 6.85. The molecule has 4 aromatic rings. The van der Waals surface area contributed by atoms with E-state index in [9.17, 15) is 9.50 Å². The van der Waals surface area contributed by atoms with Gasteiger partial charge in [-0.15, -0.1) is 0 Å². The van der Waals surface area contributed by atoms with E-state index < -0.39 is 17.8 Å². The van der Waals surface area contributed by atoms with Gasteiger partial charge in [0.2, 0.25) is 0 Å². The molecule has 2 aromatic heterocycles. The summed E-state index contributed by atoms with van der Waals surface area (Å²) in [4.78, 5) is 16.5. The van der Waals surface area contributed by atoms with Crippen molar-refractivity contribution in [1.29, 1.82) is 0 Å². The predicted octanol–water partition coefficient (Wildman–Crippen LogP) is 6.94. The van der Waals surface area contributed by atoms with E-state index in [0.717, 1.165) is 45.2 Å². The first kappa shape index (κ1) is 28.8. The van der Waals surface area contributed by atoms with Crippen molar-refractivity contribution >= 4 is 27.5 Å². The maximum atomic E-state index is 17.0. The standard InChI is InChI=1S/C35H38F3N5O2/c1-3-25-27(37)9-6-19-11-24(44)13-26(29(19)25)31-30(38)32-28(18(2)39-31)33(43-15-22-7-8-23(16-43)40-22)42-34(41-32)45-17-35-10-4-5-20(35)12-21(36)14-35/h6,9,11,13,20-23,40,44H,3-5,7-8,10,12,14-17H2,1-2H3/t20-,21+,22?,23?,35+/m1/s1. The van der Waals surface area contributed by atoms with Crippen LogP contribution in [-0.4, -0.2) is 58.0 Å². The normalized spacial score (nSPS) is 27.5. The summed E-state index contributed by atoms with van der Waals surface area (Å²) in [6.07, 6.45) is 5.69. The van der Waals surface area contributed by atoms with Crippen molar-refractivity contribution in [3.8, 4) is 23.0 Å². The number of rotatable bonds is 6. The summed E-state index contributed by atoms with van der Waals surface area (Å²) in [6, 6.07) is 6.65. The number of nitrogens with one attached hydrogen (secondary N) is 1. The zero-order valence-electron chi connectivity index (χ0n) is 25.7. The number of benzene rings is 2. The highest BCUT2D eigenvalue weighted by molar-refractivity contribution is 6.02. The van der Waals surface area contributed by atoms with Crippen LogP contribution in [0.2, 0.25) is 0 Å². The monoisotopic (exact) mass is 617 g/mol. The molecular formula is C35H38F3N5O2. The number of aromatic nitrogens is 3. The number of phenolic OH excluding ortho intramolecular Hbond substituents is 1. The van der Waals surface area contributed by atoms with Gasteiger partial charge in [-0.25, -0.2) is 18.2 Å². The van der Waals surface area contributed by atoms with Crippen LogP contribution < -0.4 is 15.0 Å². The van der Waals surface area contributed by atoms with Gasteiger partial charge >= 0.3 is 6.01 Å². The zero-order valence-corrected chi connectivity index (χ0v) is 25.7. The van der Waals surface area contributed by atoms with Crippen LogP contribution in [0, 0.1) is 29.9 Å². The number of ether oxygens (including phenoxy) is 1. The summed E-state index contributed by atoms with van der Waals surface area (Å²) < 4.78 is 52.8. The highest BCUT2D eigenvalue weighted by Crippen LogP contribution is 2.55. The maximum Gasteiger partial charge on any atom is 0.319 e. The Hall–Kier alpha value is -3.66. The van der Waals surface area contributed by atoms with Crippen molar-refractivity contribution in [2.24, 2.45) is 11.3 Å². The van der Waals surface area contributed by atoms with E-state index in [0.29, 0.717) is 76.8 Å². The Balaban J connectivity index is 1.30. The number of nitrogens with zero attached hydrogens (tertiary/aromatic N) is 4. The highest BCUT2D eigenvalue weighted by Gasteiger charge is 2.51. The fourth-order valence-corrected chi connectivity index (χ4v) is 8.92. The van der Waals surface area contributed by atoms with Crippen molar-refractivity contribution in [3.05, 3.63) is 47.2 Å². The van der Waals surface area contributed by atoms with E-state index in [1.54, 1.807) is 12.1 Å². The lowest BCUT2D eigenvalue weighted by Gasteiger charge is -2.34. The van der Waals surface area contributed by atoms with Crippen molar-refractivity contribution in [3.63, 3.8) is 0 Å². The van der Waals surface area contributed by atoms with Gasteiger partial charge in [0.05, 0.1) is 17.7 Å². The topological polar surface area (TPSA) is 83.4 Å². The molecule has 4 aliphatic rings. The SMILES string of the molecule is CCc1c(F)ccc2cc(O)cc(-c3nc(C)c4c(N5CC6CCC(C5)N6)nc(OC[C@@]56CCC[C@@H]5C[C@H](F)C6)nc4c3F)c12. The predicted molar refractivity (Wildman–Crippen MR) is 168 cm³/mol. The molecule has 5 atom stereocenters. The number of halogens is 3. The van der Waals surface area contributed by atoms with E-state index in [1.165, 1.54) is 12.1 Å². The Bertz CT molecular complexity index is 1820. The first-order valence-electron chi connectivity index (χ1n) is 16.3. The van der Waals surface area contributed by atoms with E-state index in [1.807, 2.05) is 13.8 Å². The van der Waals surface area contributed by atoms with Crippen LogP contribution in [0.25, 0.3) is 32.9 Å². The number of anilines is 1. The van der Waals surface area contributed by atoms with Gasteiger partial charge in [-0.2, -0.15) is 9.97 Å². The minimum atomic E-state index is -0.827. The molecule has 2 saturated heterocycles. The fourth-order valence-electron chi connectivity index (χ4n) is 8.92. The lowest BCUT2D eigenvalue weighted by atomic mass is 9.81.